The summed E-state index contributed by atoms with van der Waals surface area (Å²) in [5.74, 6) is 1.43. The van der Waals surface area contributed by atoms with E-state index in [-0.39, 0.29) is 12.6 Å². The molecule has 0 radical (unpaired) electrons. The normalized spacial score (nSPS) is 20.8. The second-order valence-electron chi connectivity index (χ2n) is 4.65. The van der Waals surface area contributed by atoms with E-state index in [9.17, 15) is 5.11 Å². The van der Waals surface area contributed by atoms with Crippen LogP contribution in [0.5, 0.6) is 0 Å². The third kappa shape index (κ3) is 2.64. The summed E-state index contributed by atoms with van der Waals surface area (Å²) in [7, 11) is 0. The first kappa shape index (κ1) is 12.2. The molecule has 0 spiro atoms. The predicted octanol–water partition coefficient (Wildman–Crippen LogP) is 0.201. The highest BCUT2D eigenvalue weighted by Crippen LogP contribution is 2.19. The number of rotatable bonds is 4. The lowest BCUT2D eigenvalue weighted by molar-refractivity contribution is 0.0749. The number of aromatic amines is 1. The lowest BCUT2D eigenvalue weighted by Crippen LogP contribution is -2.41. The quantitative estimate of drug-likeness (QED) is 0.812. The van der Waals surface area contributed by atoms with Crippen molar-refractivity contribution < 1.29 is 9.63 Å². The van der Waals surface area contributed by atoms with Gasteiger partial charge in [0.2, 0.25) is 11.7 Å². The maximum Gasteiger partial charge on any atom is 0.241 e. The van der Waals surface area contributed by atoms with Gasteiger partial charge in [-0.15, -0.1) is 0 Å². The summed E-state index contributed by atoms with van der Waals surface area (Å²) < 4.78 is 5.21. The van der Waals surface area contributed by atoms with Crippen LogP contribution in [0.25, 0.3) is 11.6 Å². The molecule has 1 aliphatic heterocycles. The fourth-order valence-corrected chi connectivity index (χ4v) is 2.38. The van der Waals surface area contributed by atoms with E-state index in [1.807, 2.05) is 0 Å². The standard InChI is InChI=1S/C11H16N6O2/c18-6-8-3-1-2-4-17(8)5-9-14-11(16-19-9)10-12-7-13-15-10/h7-8,18H,1-6H2,(H,12,13,15)/t8-/m1/s1. The van der Waals surface area contributed by atoms with Gasteiger partial charge in [0.05, 0.1) is 13.2 Å². The molecule has 2 aromatic rings. The fourth-order valence-electron chi connectivity index (χ4n) is 2.38. The van der Waals surface area contributed by atoms with E-state index < -0.39 is 0 Å². The van der Waals surface area contributed by atoms with Gasteiger partial charge in [0.25, 0.3) is 0 Å². The van der Waals surface area contributed by atoms with Gasteiger partial charge in [-0.1, -0.05) is 11.6 Å². The first-order chi connectivity index (χ1) is 9.36. The van der Waals surface area contributed by atoms with E-state index in [2.05, 4.69) is 30.2 Å². The van der Waals surface area contributed by atoms with Crippen molar-refractivity contribution in [2.75, 3.05) is 13.2 Å². The first-order valence-electron chi connectivity index (χ1n) is 6.40. The zero-order valence-corrected chi connectivity index (χ0v) is 10.5. The van der Waals surface area contributed by atoms with Gasteiger partial charge in [-0.2, -0.15) is 10.1 Å². The third-order valence-electron chi connectivity index (χ3n) is 3.39. The van der Waals surface area contributed by atoms with Gasteiger partial charge in [0, 0.05) is 6.04 Å². The molecule has 2 aromatic heterocycles. The highest BCUT2D eigenvalue weighted by molar-refractivity contribution is 5.39. The molecule has 8 nitrogen and oxygen atoms in total. The molecular weight excluding hydrogens is 248 g/mol. The maximum atomic E-state index is 9.36. The van der Waals surface area contributed by atoms with Crippen LogP contribution in [0.15, 0.2) is 10.9 Å². The molecule has 3 heterocycles. The molecule has 0 amide bonds. The van der Waals surface area contributed by atoms with Crippen molar-refractivity contribution in [1.29, 1.82) is 0 Å². The number of nitrogens with one attached hydrogen (secondary N) is 1. The predicted molar refractivity (Wildman–Crippen MR) is 64.8 cm³/mol. The lowest BCUT2D eigenvalue weighted by atomic mass is 10.0. The van der Waals surface area contributed by atoms with Gasteiger partial charge in [0.15, 0.2) is 5.82 Å². The van der Waals surface area contributed by atoms with Gasteiger partial charge < -0.3 is 9.63 Å². The summed E-state index contributed by atoms with van der Waals surface area (Å²) in [4.78, 5) is 10.4. The average molecular weight is 264 g/mol. The maximum absolute atomic E-state index is 9.36. The molecule has 1 atom stereocenters. The number of hydrogen-bond acceptors (Lipinski definition) is 7. The smallest absolute Gasteiger partial charge is 0.241 e. The summed E-state index contributed by atoms with van der Waals surface area (Å²) >= 11 is 0. The third-order valence-corrected chi connectivity index (χ3v) is 3.39. The molecule has 0 unspecified atom stereocenters. The Morgan fingerprint density at radius 2 is 2.42 bits per heavy atom. The van der Waals surface area contributed by atoms with Gasteiger partial charge in [-0.3, -0.25) is 10.00 Å². The van der Waals surface area contributed by atoms with E-state index in [1.165, 1.54) is 6.33 Å². The molecule has 8 heteroatoms. The van der Waals surface area contributed by atoms with E-state index >= 15 is 0 Å². The van der Waals surface area contributed by atoms with Crippen LogP contribution in [-0.2, 0) is 6.54 Å². The van der Waals surface area contributed by atoms with Crippen LogP contribution < -0.4 is 0 Å². The Morgan fingerprint density at radius 3 is 3.21 bits per heavy atom. The lowest BCUT2D eigenvalue weighted by Gasteiger charge is -2.33. The molecule has 102 valence electrons. The van der Waals surface area contributed by atoms with Crippen molar-refractivity contribution in [3.05, 3.63) is 12.2 Å². The SMILES string of the molecule is OC[C@H]1CCCCN1Cc1nc(-c2ncn[nH]2)no1. The van der Waals surface area contributed by atoms with E-state index in [4.69, 9.17) is 4.52 Å². The van der Waals surface area contributed by atoms with Crippen molar-refractivity contribution in [2.45, 2.75) is 31.8 Å². The highest BCUT2D eigenvalue weighted by Gasteiger charge is 2.23. The molecule has 0 aliphatic carbocycles. The molecule has 1 saturated heterocycles. The van der Waals surface area contributed by atoms with Crippen molar-refractivity contribution in [1.82, 2.24) is 30.2 Å². The minimum Gasteiger partial charge on any atom is -0.395 e. The number of piperidine rings is 1. The Morgan fingerprint density at radius 1 is 1.47 bits per heavy atom. The Kier molecular flexibility index (Phi) is 3.51. The van der Waals surface area contributed by atoms with Gasteiger partial charge in [-0.25, -0.2) is 4.98 Å². The van der Waals surface area contributed by atoms with Crippen molar-refractivity contribution >= 4 is 0 Å². The number of nitrogens with zero attached hydrogens (tertiary/aromatic N) is 5. The number of aliphatic hydroxyl groups is 1. The summed E-state index contributed by atoms with van der Waals surface area (Å²) in [6.45, 7) is 1.68. The number of hydrogen-bond donors (Lipinski definition) is 2. The summed E-state index contributed by atoms with van der Waals surface area (Å²) in [6, 6.07) is 0.189. The van der Waals surface area contributed by atoms with Crippen LogP contribution in [0.3, 0.4) is 0 Å². The molecule has 0 aromatic carbocycles. The van der Waals surface area contributed by atoms with Crippen molar-refractivity contribution in [3.8, 4) is 11.6 Å². The largest absolute Gasteiger partial charge is 0.395 e. The van der Waals surface area contributed by atoms with Crippen LogP contribution in [0, 0.1) is 0 Å². The van der Waals surface area contributed by atoms with Gasteiger partial charge >= 0.3 is 0 Å². The number of aliphatic hydroxyl groups excluding tert-OH is 1. The Labute approximate surface area is 109 Å². The van der Waals surface area contributed by atoms with Gasteiger partial charge in [0.1, 0.15) is 6.33 Å². The summed E-state index contributed by atoms with van der Waals surface area (Å²) in [5.41, 5.74) is 0. The second kappa shape index (κ2) is 5.45. The molecular formula is C11H16N6O2. The first-order valence-corrected chi connectivity index (χ1v) is 6.40. The zero-order valence-electron chi connectivity index (χ0n) is 10.5. The van der Waals surface area contributed by atoms with E-state index in [0.717, 1.165) is 25.8 Å². The zero-order chi connectivity index (χ0) is 13.1. The molecule has 0 saturated carbocycles. The molecule has 1 aliphatic rings. The van der Waals surface area contributed by atoms with E-state index in [0.29, 0.717) is 24.1 Å². The van der Waals surface area contributed by atoms with Crippen LogP contribution in [-0.4, -0.2) is 54.5 Å². The molecule has 2 N–H and O–H groups in total. The second-order valence-corrected chi connectivity index (χ2v) is 4.65. The molecule has 3 rings (SSSR count). The topological polar surface area (TPSA) is 104 Å². The number of likely N-dealkylation sites (tertiary alicyclic amines) is 1. The Balaban J connectivity index is 1.69. The minimum absolute atomic E-state index is 0.170. The monoisotopic (exact) mass is 264 g/mol. The van der Waals surface area contributed by atoms with Crippen LogP contribution >= 0.6 is 0 Å². The highest BCUT2D eigenvalue weighted by atomic mass is 16.5. The van der Waals surface area contributed by atoms with Crippen LogP contribution in [0.1, 0.15) is 25.2 Å². The minimum atomic E-state index is 0.170. The van der Waals surface area contributed by atoms with Crippen LogP contribution in [0.2, 0.25) is 0 Å². The summed E-state index contributed by atoms with van der Waals surface area (Å²) in [6.07, 6.45) is 4.71. The van der Waals surface area contributed by atoms with E-state index in [1.54, 1.807) is 0 Å². The molecule has 19 heavy (non-hydrogen) atoms. The number of aromatic nitrogens is 5. The van der Waals surface area contributed by atoms with Crippen LogP contribution in [0.4, 0.5) is 0 Å². The molecule has 0 bridgehead atoms. The van der Waals surface area contributed by atoms with Crippen molar-refractivity contribution in [2.24, 2.45) is 0 Å². The van der Waals surface area contributed by atoms with Gasteiger partial charge in [-0.05, 0) is 19.4 Å². The summed E-state index contributed by atoms with van der Waals surface area (Å²) in [5, 5.41) is 19.7. The Hall–Kier alpha value is -1.80. The Bertz CT molecular complexity index is 511. The molecule has 1 fully saturated rings. The fraction of sp³-hybridized carbons (Fsp3) is 0.636. The number of H-pyrrole nitrogens is 1. The van der Waals surface area contributed by atoms with Crippen molar-refractivity contribution in [3.63, 3.8) is 0 Å². The average Bonchev–Trinajstić information content (AvgIpc) is 3.09.